The highest BCUT2D eigenvalue weighted by Gasteiger charge is 2.16. The number of carboxylic acid groups (broad SMARTS) is 1. The summed E-state index contributed by atoms with van der Waals surface area (Å²) in [5.41, 5.74) is 5.02. The van der Waals surface area contributed by atoms with Gasteiger partial charge in [-0.2, -0.15) is 0 Å². The molecule has 0 heterocycles. The Balaban J connectivity index is 3.43. The van der Waals surface area contributed by atoms with Crippen molar-refractivity contribution in [1.82, 2.24) is 0 Å². The van der Waals surface area contributed by atoms with Crippen LogP contribution in [0.15, 0.2) is 18.2 Å². The van der Waals surface area contributed by atoms with Gasteiger partial charge in [-0.3, -0.25) is 4.79 Å². The van der Waals surface area contributed by atoms with Crippen LogP contribution < -0.4 is 5.73 Å². The molecular formula is C8H6INO3. The first-order valence-electron chi connectivity index (χ1n) is 3.35. The molecule has 0 aliphatic heterocycles. The Hall–Kier alpha value is -1.11. The van der Waals surface area contributed by atoms with Gasteiger partial charge in [-0.15, -0.1) is 0 Å². The van der Waals surface area contributed by atoms with Crippen LogP contribution in [0.3, 0.4) is 0 Å². The van der Waals surface area contributed by atoms with E-state index in [9.17, 15) is 9.59 Å². The average molecular weight is 291 g/mol. The summed E-state index contributed by atoms with van der Waals surface area (Å²) in [6, 6.07) is 4.60. The molecule has 1 amide bonds. The summed E-state index contributed by atoms with van der Waals surface area (Å²) in [5.74, 6) is -1.87. The molecule has 0 radical (unpaired) electrons. The van der Waals surface area contributed by atoms with Crippen LogP contribution in [0.2, 0.25) is 0 Å². The van der Waals surface area contributed by atoms with Gasteiger partial charge in [0.2, 0.25) is 5.91 Å². The number of halogens is 1. The topological polar surface area (TPSA) is 80.4 Å². The van der Waals surface area contributed by atoms with E-state index in [1.807, 2.05) is 22.6 Å². The maximum Gasteiger partial charge on any atom is 0.337 e. The van der Waals surface area contributed by atoms with E-state index in [1.54, 1.807) is 12.1 Å². The summed E-state index contributed by atoms with van der Waals surface area (Å²) in [7, 11) is 0. The minimum atomic E-state index is -1.14. The summed E-state index contributed by atoms with van der Waals surface area (Å²) in [5, 5.41) is 8.78. The van der Waals surface area contributed by atoms with Crippen LogP contribution in [0.1, 0.15) is 20.7 Å². The molecule has 0 aliphatic rings. The third kappa shape index (κ3) is 1.97. The lowest BCUT2D eigenvalue weighted by molar-refractivity contribution is 0.0691. The van der Waals surface area contributed by atoms with E-state index in [1.165, 1.54) is 6.07 Å². The molecule has 0 atom stereocenters. The van der Waals surface area contributed by atoms with Crippen molar-refractivity contribution in [3.63, 3.8) is 0 Å². The quantitative estimate of drug-likeness (QED) is 0.800. The summed E-state index contributed by atoms with van der Waals surface area (Å²) < 4.78 is 0.501. The van der Waals surface area contributed by atoms with Crippen molar-refractivity contribution in [2.24, 2.45) is 5.73 Å². The van der Waals surface area contributed by atoms with E-state index < -0.39 is 11.9 Å². The second-order valence-corrected chi connectivity index (χ2v) is 3.49. The fraction of sp³-hybridized carbons (Fsp3) is 0. The van der Waals surface area contributed by atoms with Crippen LogP contribution in [-0.4, -0.2) is 17.0 Å². The van der Waals surface area contributed by atoms with Gasteiger partial charge < -0.3 is 10.8 Å². The van der Waals surface area contributed by atoms with Crippen LogP contribution in [0, 0.1) is 3.57 Å². The normalized spacial score (nSPS) is 9.62. The maximum atomic E-state index is 10.8. The van der Waals surface area contributed by atoms with Gasteiger partial charge in [0.1, 0.15) is 0 Å². The van der Waals surface area contributed by atoms with Gasteiger partial charge in [0.05, 0.1) is 11.1 Å². The Morgan fingerprint density at radius 3 is 2.38 bits per heavy atom. The number of nitrogens with two attached hydrogens (primary N) is 1. The van der Waals surface area contributed by atoms with E-state index in [2.05, 4.69) is 0 Å². The summed E-state index contributed by atoms with van der Waals surface area (Å²) >= 11 is 1.85. The van der Waals surface area contributed by atoms with Gasteiger partial charge in [0.25, 0.3) is 0 Å². The number of amides is 1. The Morgan fingerprint density at radius 2 is 2.00 bits per heavy atom. The smallest absolute Gasteiger partial charge is 0.337 e. The third-order valence-electron chi connectivity index (χ3n) is 1.49. The van der Waals surface area contributed by atoms with Crippen molar-refractivity contribution in [2.75, 3.05) is 0 Å². The number of carboxylic acids is 1. The maximum absolute atomic E-state index is 10.8. The Morgan fingerprint density at radius 1 is 1.38 bits per heavy atom. The number of hydrogen-bond donors (Lipinski definition) is 2. The standard InChI is InChI=1S/C8H6INO3/c9-5-3-1-2-4(7(10)11)6(5)8(12)13/h1-3H,(H2,10,11)(H,12,13). The van der Waals surface area contributed by atoms with Crippen molar-refractivity contribution >= 4 is 34.5 Å². The second kappa shape index (κ2) is 3.73. The third-order valence-corrected chi connectivity index (χ3v) is 2.39. The molecular weight excluding hydrogens is 285 g/mol. The Labute approximate surface area is 87.9 Å². The molecule has 68 valence electrons. The number of aromatic carboxylic acids is 1. The summed E-state index contributed by atoms with van der Waals surface area (Å²) in [4.78, 5) is 21.6. The first-order valence-corrected chi connectivity index (χ1v) is 4.43. The molecule has 0 saturated carbocycles. The number of primary amides is 1. The molecule has 0 fully saturated rings. The molecule has 3 N–H and O–H groups in total. The SMILES string of the molecule is NC(=O)c1cccc(I)c1C(=O)O. The second-order valence-electron chi connectivity index (χ2n) is 2.33. The minimum absolute atomic E-state index is 0.0319. The van der Waals surface area contributed by atoms with E-state index in [4.69, 9.17) is 10.8 Å². The molecule has 1 aromatic rings. The van der Waals surface area contributed by atoms with Gasteiger partial charge in [-0.25, -0.2) is 4.79 Å². The number of rotatable bonds is 2. The van der Waals surface area contributed by atoms with Crippen LogP contribution >= 0.6 is 22.6 Å². The molecule has 0 aromatic heterocycles. The highest BCUT2D eigenvalue weighted by molar-refractivity contribution is 14.1. The monoisotopic (exact) mass is 291 g/mol. The van der Waals surface area contributed by atoms with E-state index in [0.717, 1.165) is 0 Å². The van der Waals surface area contributed by atoms with Gasteiger partial charge in [0.15, 0.2) is 0 Å². The van der Waals surface area contributed by atoms with Crippen molar-refractivity contribution in [3.8, 4) is 0 Å². The zero-order chi connectivity index (χ0) is 10.0. The van der Waals surface area contributed by atoms with Crippen LogP contribution in [0.5, 0.6) is 0 Å². The van der Waals surface area contributed by atoms with Crippen LogP contribution in [0.4, 0.5) is 0 Å². The van der Waals surface area contributed by atoms with Gasteiger partial charge in [-0.1, -0.05) is 6.07 Å². The van der Waals surface area contributed by atoms with Gasteiger partial charge in [0, 0.05) is 3.57 Å². The lowest BCUT2D eigenvalue weighted by Crippen LogP contribution is -2.17. The fourth-order valence-electron chi connectivity index (χ4n) is 0.947. The summed E-state index contributed by atoms with van der Waals surface area (Å²) in [6.45, 7) is 0. The largest absolute Gasteiger partial charge is 0.478 e. The minimum Gasteiger partial charge on any atom is -0.478 e. The number of carbonyl (C=O) groups excluding carboxylic acids is 1. The van der Waals surface area contributed by atoms with E-state index in [0.29, 0.717) is 3.57 Å². The first-order chi connectivity index (χ1) is 6.04. The zero-order valence-electron chi connectivity index (χ0n) is 6.45. The molecule has 1 rings (SSSR count). The van der Waals surface area contributed by atoms with Crippen molar-refractivity contribution in [1.29, 1.82) is 0 Å². The fourth-order valence-corrected chi connectivity index (χ4v) is 1.68. The summed E-state index contributed by atoms with van der Waals surface area (Å²) in [6.07, 6.45) is 0. The number of carbonyl (C=O) groups is 2. The van der Waals surface area contributed by atoms with Crippen molar-refractivity contribution in [3.05, 3.63) is 32.9 Å². The molecule has 0 saturated heterocycles. The number of benzene rings is 1. The average Bonchev–Trinajstić information content (AvgIpc) is 2.02. The van der Waals surface area contributed by atoms with Crippen LogP contribution in [-0.2, 0) is 0 Å². The predicted molar refractivity (Wildman–Crippen MR) is 54.6 cm³/mol. The molecule has 13 heavy (non-hydrogen) atoms. The molecule has 0 bridgehead atoms. The predicted octanol–water partition coefficient (Wildman–Crippen LogP) is 1.09. The Bertz CT molecular complexity index is 376. The molecule has 1 aromatic carbocycles. The highest BCUT2D eigenvalue weighted by atomic mass is 127. The lowest BCUT2D eigenvalue weighted by Gasteiger charge is -2.03. The van der Waals surface area contributed by atoms with Gasteiger partial charge >= 0.3 is 5.97 Å². The van der Waals surface area contributed by atoms with Crippen molar-refractivity contribution < 1.29 is 14.7 Å². The molecule has 0 spiro atoms. The number of hydrogen-bond acceptors (Lipinski definition) is 2. The first kappa shape index (κ1) is 9.97. The van der Waals surface area contributed by atoms with Gasteiger partial charge in [-0.05, 0) is 34.7 Å². The molecule has 5 heteroatoms. The Kier molecular flexibility index (Phi) is 2.86. The van der Waals surface area contributed by atoms with Crippen molar-refractivity contribution in [2.45, 2.75) is 0 Å². The van der Waals surface area contributed by atoms with Crippen LogP contribution in [0.25, 0.3) is 0 Å². The lowest BCUT2D eigenvalue weighted by atomic mass is 10.1. The van der Waals surface area contributed by atoms with E-state index in [-0.39, 0.29) is 11.1 Å². The molecule has 4 nitrogen and oxygen atoms in total. The molecule has 0 unspecified atom stereocenters. The van der Waals surface area contributed by atoms with E-state index >= 15 is 0 Å². The highest BCUT2D eigenvalue weighted by Crippen LogP contribution is 2.16. The zero-order valence-corrected chi connectivity index (χ0v) is 8.61. The molecule has 0 aliphatic carbocycles.